The molecule has 0 amide bonds. The molecular weight excluding hydrogens is 246 g/mol. The summed E-state index contributed by atoms with van der Waals surface area (Å²) in [6.45, 7) is 7.37. The van der Waals surface area contributed by atoms with Crippen LogP contribution < -0.4 is 10.1 Å². The Bertz CT molecular complexity index is 410. The topological polar surface area (TPSA) is 21.3 Å². The molecule has 0 bridgehead atoms. The van der Waals surface area contributed by atoms with Crippen LogP contribution in [0.4, 0.5) is 5.69 Å². The molecule has 0 spiro atoms. The minimum atomic E-state index is 0.530. The van der Waals surface area contributed by atoms with E-state index in [1.807, 2.05) is 0 Å². The minimum absolute atomic E-state index is 0.530. The molecule has 112 valence electrons. The van der Waals surface area contributed by atoms with Gasteiger partial charge in [0.1, 0.15) is 5.75 Å². The second kappa shape index (κ2) is 7.56. The monoisotopic (exact) mass is 275 g/mol. The van der Waals surface area contributed by atoms with Crippen LogP contribution in [-0.2, 0) is 0 Å². The predicted octanol–water partition coefficient (Wildman–Crippen LogP) is 5.16. The van der Waals surface area contributed by atoms with Crippen molar-refractivity contribution in [3.05, 3.63) is 23.8 Å². The summed E-state index contributed by atoms with van der Waals surface area (Å²) in [5.41, 5.74) is 2.41. The van der Waals surface area contributed by atoms with Gasteiger partial charge < -0.3 is 10.1 Å². The van der Waals surface area contributed by atoms with Crippen LogP contribution in [0.1, 0.15) is 57.9 Å². The summed E-state index contributed by atoms with van der Waals surface area (Å²) < 4.78 is 5.89. The summed E-state index contributed by atoms with van der Waals surface area (Å²) in [6, 6.07) is 7.00. The Morgan fingerprint density at radius 1 is 1.25 bits per heavy atom. The normalized spacial score (nSPS) is 17.8. The molecule has 1 N–H and O–H groups in total. The Kier molecular flexibility index (Phi) is 5.75. The van der Waals surface area contributed by atoms with Gasteiger partial charge in [0, 0.05) is 6.04 Å². The van der Waals surface area contributed by atoms with E-state index in [9.17, 15) is 0 Å². The number of rotatable bonds is 6. The number of benzene rings is 1. The number of hydrogen-bond donors (Lipinski definition) is 1. The van der Waals surface area contributed by atoms with Crippen LogP contribution in [0.15, 0.2) is 18.2 Å². The molecule has 0 aliphatic heterocycles. The fourth-order valence-corrected chi connectivity index (χ4v) is 3.08. The number of aryl methyl sites for hydroxylation is 1. The van der Waals surface area contributed by atoms with Gasteiger partial charge in [0.25, 0.3) is 0 Å². The van der Waals surface area contributed by atoms with Gasteiger partial charge >= 0.3 is 0 Å². The first kappa shape index (κ1) is 15.2. The summed E-state index contributed by atoms with van der Waals surface area (Å²) in [5, 5.41) is 3.69. The van der Waals surface area contributed by atoms with Gasteiger partial charge in [-0.3, -0.25) is 0 Å². The Hall–Kier alpha value is -1.18. The van der Waals surface area contributed by atoms with E-state index in [1.54, 1.807) is 0 Å². The van der Waals surface area contributed by atoms with Crippen molar-refractivity contribution >= 4 is 5.69 Å². The van der Waals surface area contributed by atoms with Gasteiger partial charge in [-0.2, -0.15) is 0 Å². The second-order valence-corrected chi connectivity index (χ2v) is 6.18. The Balaban J connectivity index is 2.03. The Labute approximate surface area is 123 Å². The van der Waals surface area contributed by atoms with Crippen molar-refractivity contribution in [2.24, 2.45) is 5.92 Å². The van der Waals surface area contributed by atoms with Crippen LogP contribution in [0.5, 0.6) is 5.75 Å². The average molecular weight is 275 g/mol. The van der Waals surface area contributed by atoms with Crippen molar-refractivity contribution in [3.8, 4) is 5.75 Å². The van der Waals surface area contributed by atoms with Crippen molar-refractivity contribution in [2.75, 3.05) is 11.9 Å². The zero-order valence-electron chi connectivity index (χ0n) is 13.2. The van der Waals surface area contributed by atoms with Crippen LogP contribution in [0.25, 0.3) is 0 Å². The minimum Gasteiger partial charge on any atom is -0.491 e. The molecule has 1 unspecified atom stereocenters. The molecule has 1 aromatic carbocycles. The summed E-state index contributed by atoms with van der Waals surface area (Å²) in [7, 11) is 0. The molecule has 1 fully saturated rings. The highest BCUT2D eigenvalue weighted by Crippen LogP contribution is 2.31. The molecule has 2 heteroatoms. The zero-order chi connectivity index (χ0) is 14.4. The summed E-state index contributed by atoms with van der Waals surface area (Å²) >= 11 is 0. The third-order valence-corrected chi connectivity index (χ3v) is 4.34. The molecule has 20 heavy (non-hydrogen) atoms. The fourth-order valence-electron chi connectivity index (χ4n) is 3.08. The highest BCUT2D eigenvalue weighted by Gasteiger charge is 2.20. The maximum atomic E-state index is 5.89. The van der Waals surface area contributed by atoms with Gasteiger partial charge in [-0.05, 0) is 56.7 Å². The molecule has 1 atom stereocenters. The fraction of sp³-hybridized carbons (Fsp3) is 0.667. The van der Waals surface area contributed by atoms with E-state index in [2.05, 4.69) is 44.3 Å². The molecule has 0 heterocycles. The molecular formula is C18H29NO. The SMILES string of the molecule is CCCOc1cc(C)ccc1NC(C)C1CCCCC1. The number of nitrogens with one attached hydrogen (secondary N) is 1. The molecule has 2 rings (SSSR count). The van der Waals surface area contributed by atoms with Crippen LogP contribution >= 0.6 is 0 Å². The smallest absolute Gasteiger partial charge is 0.142 e. The molecule has 1 aliphatic carbocycles. The lowest BCUT2D eigenvalue weighted by atomic mass is 9.84. The molecule has 0 radical (unpaired) electrons. The highest BCUT2D eigenvalue weighted by atomic mass is 16.5. The Morgan fingerprint density at radius 2 is 2.00 bits per heavy atom. The summed E-state index contributed by atoms with van der Waals surface area (Å²) in [6.07, 6.45) is 7.98. The summed E-state index contributed by atoms with van der Waals surface area (Å²) in [4.78, 5) is 0. The first-order valence-corrected chi connectivity index (χ1v) is 8.20. The third-order valence-electron chi connectivity index (χ3n) is 4.34. The Morgan fingerprint density at radius 3 is 2.70 bits per heavy atom. The van der Waals surface area contributed by atoms with Crippen molar-refractivity contribution in [3.63, 3.8) is 0 Å². The highest BCUT2D eigenvalue weighted by molar-refractivity contribution is 5.58. The first-order chi connectivity index (χ1) is 9.70. The quantitative estimate of drug-likeness (QED) is 0.773. The maximum Gasteiger partial charge on any atom is 0.142 e. The molecule has 0 saturated heterocycles. The number of hydrogen-bond acceptors (Lipinski definition) is 2. The van der Waals surface area contributed by atoms with E-state index in [0.29, 0.717) is 6.04 Å². The number of ether oxygens (including phenoxy) is 1. The van der Waals surface area contributed by atoms with E-state index in [1.165, 1.54) is 37.7 Å². The van der Waals surface area contributed by atoms with Crippen molar-refractivity contribution < 1.29 is 4.74 Å². The van der Waals surface area contributed by atoms with Crippen molar-refractivity contribution in [1.82, 2.24) is 0 Å². The molecule has 1 aliphatic rings. The largest absolute Gasteiger partial charge is 0.491 e. The van der Waals surface area contributed by atoms with E-state index >= 15 is 0 Å². The second-order valence-electron chi connectivity index (χ2n) is 6.18. The maximum absolute atomic E-state index is 5.89. The van der Waals surface area contributed by atoms with Crippen LogP contribution in [0, 0.1) is 12.8 Å². The lowest BCUT2D eigenvalue weighted by molar-refractivity contribution is 0.313. The van der Waals surface area contributed by atoms with E-state index in [-0.39, 0.29) is 0 Å². The predicted molar refractivity (Wildman–Crippen MR) is 86.6 cm³/mol. The van der Waals surface area contributed by atoms with Crippen LogP contribution in [0.3, 0.4) is 0 Å². The average Bonchev–Trinajstić information content (AvgIpc) is 2.48. The molecule has 1 aromatic rings. The molecule has 0 aromatic heterocycles. The van der Waals surface area contributed by atoms with E-state index < -0.39 is 0 Å². The zero-order valence-corrected chi connectivity index (χ0v) is 13.2. The summed E-state index contributed by atoms with van der Waals surface area (Å²) in [5.74, 6) is 1.82. The van der Waals surface area contributed by atoms with E-state index in [0.717, 1.165) is 30.4 Å². The standard InChI is InChI=1S/C18H29NO/c1-4-12-20-18-13-14(2)10-11-17(18)19-15(3)16-8-6-5-7-9-16/h10-11,13,15-16,19H,4-9,12H2,1-3H3. The molecule has 2 nitrogen and oxygen atoms in total. The third kappa shape index (κ3) is 4.16. The van der Waals surface area contributed by atoms with E-state index in [4.69, 9.17) is 4.74 Å². The van der Waals surface area contributed by atoms with Gasteiger partial charge in [0.05, 0.1) is 12.3 Å². The lowest BCUT2D eigenvalue weighted by Gasteiger charge is -2.29. The van der Waals surface area contributed by atoms with Gasteiger partial charge in [-0.15, -0.1) is 0 Å². The van der Waals surface area contributed by atoms with Crippen LogP contribution in [-0.4, -0.2) is 12.6 Å². The van der Waals surface area contributed by atoms with Gasteiger partial charge in [0.15, 0.2) is 0 Å². The van der Waals surface area contributed by atoms with Gasteiger partial charge in [-0.1, -0.05) is 32.3 Å². The van der Waals surface area contributed by atoms with Gasteiger partial charge in [-0.25, -0.2) is 0 Å². The van der Waals surface area contributed by atoms with Gasteiger partial charge in [0.2, 0.25) is 0 Å². The molecule has 1 saturated carbocycles. The van der Waals surface area contributed by atoms with Crippen LogP contribution in [0.2, 0.25) is 0 Å². The number of anilines is 1. The lowest BCUT2D eigenvalue weighted by Crippen LogP contribution is -2.27. The first-order valence-electron chi connectivity index (χ1n) is 8.20. The van der Waals surface area contributed by atoms with Crippen molar-refractivity contribution in [1.29, 1.82) is 0 Å². The van der Waals surface area contributed by atoms with Crippen molar-refractivity contribution in [2.45, 2.75) is 65.3 Å².